The number of aromatic nitrogens is 2. The molecule has 1 aliphatic heterocycles. The third-order valence-corrected chi connectivity index (χ3v) is 5.57. The fourth-order valence-electron chi connectivity index (χ4n) is 3.84. The Morgan fingerprint density at radius 2 is 1.91 bits per heavy atom. The number of nitrogens with one attached hydrogen (secondary N) is 1. The Morgan fingerprint density at radius 1 is 1.09 bits per heavy atom. The molecule has 3 aromatic rings. The zero-order valence-electron chi connectivity index (χ0n) is 18.2. The highest BCUT2D eigenvalue weighted by Gasteiger charge is 2.26. The maximum atomic E-state index is 12.7. The molecule has 7 heteroatoms. The second-order valence-corrected chi connectivity index (χ2v) is 7.73. The summed E-state index contributed by atoms with van der Waals surface area (Å²) >= 11 is 0. The van der Waals surface area contributed by atoms with Crippen LogP contribution in [0.4, 0.5) is 5.82 Å². The van der Waals surface area contributed by atoms with Crippen molar-refractivity contribution in [3.05, 3.63) is 67.0 Å². The number of ether oxygens (including phenoxy) is 2. The second kappa shape index (κ2) is 10.6. The molecule has 2 heterocycles. The number of rotatable bonds is 8. The Morgan fingerprint density at radius 3 is 2.69 bits per heavy atom. The van der Waals surface area contributed by atoms with Crippen LogP contribution < -0.4 is 19.7 Å². The highest BCUT2D eigenvalue weighted by molar-refractivity contribution is 5.79. The molecular weight excluding hydrogens is 404 g/mol. The zero-order chi connectivity index (χ0) is 22.2. The fourth-order valence-corrected chi connectivity index (χ4v) is 3.84. The molecule has 1 saturated heterocycles. The van der Waals surface area contributed by atoms with Crippen molar-refractivity contribution >= 4 is 11.7 Å². The number of carbonyl (C=O) groups excluding carboxylic acids is 1. The second-order valence-electron chi connectivity index (χ2n) is 7.73. The normalized spacial score (nSPS) is 15.8. The molecule has 0 bridgehead atoms. The molecule has 0 radical (unpaired) electrons. The minimum atomic E-state index is -0.0696. The SMILES string of the molecule is COc1ccc(-c2cc(N3CCCC(C(=O)NCCOc4ccccc4)C3)ncn2)cc1. The van der Waals surface area contributed by atoms with Crippen LogP contribution in [0.3, 0.4) is 0 Å². The van der Waals surface area contributed by atoms with Gasteiger partial charge < -0.3 is 19.7 Å². The maximum absolute atomic E-state index is 12.7. The molecule has 2 aromatic carbocycles. The first-order valence-corrected chi connectivity index (χ1v) is 10.9. The molecule has 1 N–H and O–H groups in total. The van der Waals surface area contributed by atoms with Crippen LogP contribution in [0.15, 0.2) is 67.0 Å². The smallest absolute Gasteiger partial charge is 0.225 e. The minimum absolute atomic E-state index is 0.0656. The first kappa shape index (κ1) is 21.6. The van der Waals surface area contributed by atoms with Gasteiger partial charge in [-0.2, -0.15) is 0 Å². The molecule has 1 atom stereocenters. The summed E-state index contributed by atoms with van der Waals surface area (Å²) in [4.78, 5) is 23.7. The molecule has 32 heavy (non-hydrogen) atoms. The van der Waals surface area contributed by atoms with E-state index in [1.165, 1.54) is 0 Å². The molecular formula is C25H28N4O3. The van der Waals surface area contributed by atoms with Gasteiger partial charge in [0.15, 0.2) is 0 Å². The van der Waals surface area contributed by atoms with Crippen LogP contribution in [-0.4, -0.2) is 49.2 Å². The van der Waals surface area contributed by atoms with Gasteiger partial charge in [0.2, 0.25) is 5.91 Å². The van der Waals surface area contributed by atoms with Gasteiger partial charge in [-0.25, -0.2) is 9.97 Å². The van der Waals surface area contributed by atoms with E-state index >= 15 is 0 Å². The van der Waals surface area contributed by atoms with E-state index in [1.54, 1.807) is 13.4 Å². The van der Waals surface area contributed by atoms with E-state index in [4.69, 9.17) is 9.47 Å². The van der Waals surface area contributed by atoms with Crippen LogP contribution in [-0.2, 0) is 4.79 Å². The average molecular weight is 433 g/mol. The monoisotopic (exact) mass is 432 g/mol. The van der Waals surface area contributed by atoms with E-state index in [0.29, 0.717) is 19.7 Å². The molecule has 1 aliphatic rings. The number of hydrogen-bond donors (Lipinski definition) is 1. The number of carbonyl (C=O) groups is 1. The van der Waals surface area contributed by atoms with Gasteiger partial charge in [0.1, 0.15) is 30.3 Å². The summed E-state index contributed by atoms with van der Waals surface area (Å²) < 4.78 is 10.9. The van der Waals surface area contributed by atoms with E-state index in [2.05, 4.69) is 20.2 Å². The van der Waals surface area contributed by atoms with Gasteiger partial charge >= 0.3 is 0 Å². The number of para-hydroxylation sites is 1. The van der Waals surface area contributed by atoms with E-state index in [0.717, 1.165) is 48.0 Å². The number of anilines is 1. The van der Waals surface area contributed by atoms with Crippen molar-refractivity contribution in [1.29, 1.82) is 0 Å². The van der Waals surface area contributed by atoms with Crippen molar-refractivity contribution in [1.82, 2.24) is 15.3 Å². The van der Waals surface area contributed by atoms with Crippen LogP contribution in [0.5, 0.6) is 11.5 Å². The molecule has 1 fully saturated rings. The summed E-state index contributed by atoms with van der Waals surface area (Å²) in [5.41, 5.74) is 1.85. The molecule has 7 nitrogen and oxygen atoms in total. The van der Waals surface area contributed by atoms with Gasteiger partial charge in [0.25, 0.3) is 0 Å². The lowest BCUT2D eigenvalue weighted by atomic mass is 9.97. The summed E-state index contributed by atoms with van der Waals surface area (Å²) in [5.74, 6) is 2.45. The highest BCUT2D eigenvalue weighted by Crippen LogP contribution is 2.26. The number of piperidine rings is 1. The lowest BCUT2D eigenvalue weighted by molar-refractivity contribution is -0.125. The first-order chi connectivity index (χ1) is 15.7. The van der Waals surface area contributed by atoms with Crippen molar-refractivity contribution in [2.24, 2.45) is 5.92 Å². The summed E-state index contributed by atoms with van der Waals surface area (Å²) in [6.45, 7) is 2.45. The Labute approximate surface area is 188 Å². The number of benzene rings is 2. The molecule has 1 aromatic heterocycles. The molecule has 1 amide bonds. The standard InChI is InChI=1S/C25H28N4O3/c1-31-21-11-9-19(10-12-21)23-16-24(28-18-27-23)29-14-5-6-20(17-29)25(30)26-13-15-32-22-7-3-2-4-8-22/h2-4,7-12,16,18,20H,5-6,13-15,17H2,1H3,(H,26,30). The zero-order valence-corrected chi connectivity index (χ0v) is 18.2. The van der Waals surface area contributed by atoms with Crippen LogP contribution in [0.25, 0.3) is 11.3 Å². The van der Waals surface area contributed by atoms with Crippen LogP contribution in [0.2, 0.25) is 0 Å². The topological polar surface area (TPSA) is 76.6 Å². The molecule has 4 rings (SSSR count). The number of methoxy groups -OCH3 is 1. The number of nitrogens with zero attached hydrogens (tertiary/aromatic N) is 3. The molecule has 0 spiro atoms. The number of amides is 1. The van der Waals surface area contributed by atoms with Gasteiger partial charge in [0, 0.05) is 24.7 Å². The first-order valence-electron chi connectivity index (χ1n) is 10.9. The van der Waals surface area contributed by atoms with Crippen LogP contribution in [0, 0.1) is 5.92 Å². The third-order valence-electron chi connectivity index (χ3n) is 5.57. The van der Waals surface area contributed by atoms with E-state index in [9.17, 15) is 4.79 Å². The Balaban J connectivity index is 1.32. The van der Waals surface area contributed by atoms with Gasteiger partial charge in [-0.1, -0.05) is 18.2 Å². The van der Waals surface area contributed by atoms with Crippen molar-refractivity contribution in [3.63, 3.8) is 0 Å². The molecule has 166 valence electrons. The summed E-state index contributed by atoms with van der Waals surface area (Å²) in [6, 6.07) is 19.4. The van der Waals surface area contributed by atoms with Crippen molar-refractivity contribution < 1.29 is 14.3 Å². The third kappa shape index (κ3) is 5.55. The average Bonchev–Trinajstić information content (AvgIpc) is 2.87. The summed E-state index contributed by atoms with van der Waals surface area (Å²) in [5, 5.41) is 3.01. The Kier molecular flexibility index (Phi) is 7.17. The quantitative estimate of drug-likeness (QED) is 0.549. The lowest BCUT2D eigenvalue weighted by Crippen LogP contribution is -2.44. The predicted molar refractivity (Wildman–Crippen MR) is 124 cm³/mol. The van der Waals surface area contributed by atoms with Crippen molar-refractivity contribution in [3.8, 4) is 22.8 Å². The Bertz CT molecular complexity index is 1010. The number of hydrogen-bond acceptors (Lipinski definition) is 6. The molecule has 1 unspecified atom stereocenters. The van der Waals surface area contributed by atoms with Crippen LogP contribution in [0.1, 0.15) is 12.8 Å². The fraction of sp³-hybridized carbons (Fsp3) is 0.320. The highest BCUT2D eigenvalue weighted by atomic mass is 16.5. The van der Waals surface area contributed by atoms with Gasteiger partial charge in [-0.3, -0.25) is 4.79 Å². The van der Waals surface area contributed by atoms with E-state index in [1.807, 2.05) is 60.7 Å². The van der Waals surface area contributed by atoms with E-state index in [-0.39, 0.29) is 11.8 Å². The maximum Gasteiger partial charge on any atom is 0.225 e. The minimum Gasteiger partial charge on any atom is -0.497 e. The van der Waals surface area contributed by atoms with Crippen molar-refractivity contribution in [2.75, 3.05) is 38.3 Å². The van der Waals surface area contributed by atoms with Gasteiger partial charge in [0.05, 0.1) is 25.3 Å². The largest absolute Gasteiger partial charge is 0.497 e. The van der Waals surface area contributed by atoms with E-state index < -0.39 is 0 Å². The van der Waals surface area contributed by atoms with Gasteiger partial charge in [-0.15, -0.1) is 0 Å². The summed E-state index contributed by atoms with van der Waals surface area (Å²) in [6.07, 6.45) is 3.40. The molecule has 0 aliphatic carbocycles. The summed E-state index contributed by atoms with van der Waals surface area (Å²) in [7, 11) is 1.65. The van der Waals surface area contributed by atoms with Gasteiger partial charge in [-0.05, 0) is 49.2 Å². The lowest BCUT2D eigenvalue weighted by Gasteiger charge is -2.33. The predicted octanol–water partition coefficient (Wildman–Crippen LogP) is 3.56. The van der Waals surface area contributed by atoms with Crippen molar-refractivity contribution in [2.45, 2.75) is 12.8 Å². The molecule has 0 saturated carbocycles. The Hall–Kier alpha value is -3.61. The van der Waals surface area contributed by atoms with Crippen LogP contribution >= 0.6 is 0 Å².